The van der Waals surface area contributed by atoms with Gasteiger partial charge in [0, 0.05) is 18.1 Å². The molecule has 152 valence electrons. The molecule has 0 saturated carbocycles. The number of nitrogens with zero attached hydrogens (tertiary/aromatic N) is 5. The van der Waals surface area contributed by atoms with Crippen LogP contribution in [-0.4, -0.2) is 30.7 Å². The second kappa shape index (κ2) is 7.43. The molecule has 11 heteroatoms. The highest BCUT2D eigenvalue weighted by atomic mass is 19.4. The van der Waals surface area contributed by atoms with E-state index in [9.17, 15) is 22.4 Å². The monoisotopic (exact) mass is 416 g/mol. The van der Waals surface area contributed by atoms with Crippen molar-refractivity contribution in [2.45, 2.75) is 6.18 Å². The number of amides is 1. The molecule has 0 atom stereocenters. The molecule has 0 fully saturated rings. The van der Waals surface area contributed by atoms with E-state index in [4.69, 9.17) is 0 Å². The van der Waals surface area contributed by atoms with Crippen LogP contribution in [-0.2, 0) is 6.18 Å². The lowest BCUT2D eigenvalue weighted by Crippen LogP contribution is -2.21. The Kier molecular flexibility index (Phi) is 4.78. The van der Waals surface area contributed by atoms with Gasteiger partial charge in [0.25, 0.3) is 5.91 Å². The van der Waals surface area contributed by atoms with E-state index in [0.717, 1.165) is 24.3 Å². The van der Waals surface area contributed by atoms with E-state index >= 15 is 0 Å². The van der Waals surface area contributed by atoms with Gasteiger partial charge in [-0.25, -0.2) is 13.8 Å². The van der Waals surface area contributed by atoms with Gasteiger partial charge in [-0.1, -0.05) is 11.3 Å². The molecular formula is C19H12F4N6O. The third kappa shape index (κ3) is 3.77. The van der Waals surface area contributed by atoms with Crippen LogP contribution in [0.1, 0.15) is 16.2 Å². The lowest BCUT2D eigenvalue weighted by atomic mass is 10.2. The summed E-state index contributed by atoms with van der Waals surface area (Å²) >= 11 is 0. The van der Waals surface area contributed by atoms with Crippen LogP contribution < -0.4 is 5.32 Å². The number of hydrogen-bond acceptors (Lipinski definition) is 4. The van der Waals surface area contributed by atoms with Crippen LogP contribution in [0.25, 0.3) is 11.4 Å². The molecule has 2 heterocycles. The van der Waals surface area contributed by atoms with Gasteiger partial charge in [-0.2, -0.15) is 18.3 Å². The van der Waals surface area contributed by atoms with E-state index in [1.807, 2.05) is 0 Å². The topological polar surface area (TPSA) is 77.6 Å². The molecule has 2 aromatic carbocycles. The maximum absolute atomic E-state index is 13.7. The minimum atomic E-state index is -4.93. The molecule has 0 aliphatic heterocycles. The summed E-state index contributed by atoms with van der Waals surface area (Å²) in [5.74, 6) is -1.71. The van der Waals surface area contributed by atoms with Crippen LogP contribution in [0.3, 0.4) is 0 Å². The molecule has 0 saturated heterocycles. The first-order valence-electron chi connectivity index (χ1n) is 8.53. The van der Waals surface area contributed by atoms with Gasteiger partial charge in [0.15, 0.2) is 11.4 Å². The first-order chi connectivity index (χ1) is 14.3. The Morgan fingerprint density at radius 2 is 1.77 bits per heavy atom. The lowest BCUT2D eigenvalue weighted by Gasteiger charge is -2.11. The fourth-order valence-corrected chi connectivity index (χ4v) is 2.79. The SMILES string of the molecule is O=C(Nc1cccc(-n2cccn2)c1)c1nnn(-c2ccc(F)cc2)c1C(F)(F)F. The zero-order valence-electron chi connectivity index (χ0n) is 15.0. The van der Waals surface area contributed by atoms with Gasteiger partial charge in [-0.3, -0.25) is 4.79 Å². The fraction of sp³-hybridized carbons (Fsp3) is 0.0526. The van der Waals surface area contributed by atoms with Crippen LogP contribution in [0.4, 0.5) is 23.2 Å². The van der Waals surface area contributed by atoms with Crippen molar-refractivity contribution in [3.63, 3.8) is 0 Å². The highest BCUT2D eigenvalue weighted by Crippen LogP contribution is 2.33. The number of carbonyl (C=O) groups excluding carboxylic acids is 1. The van der Waals surface area contributed by atoms with Gasteiger partial charge in [0.1, 0.15) is 5.82 Å². The summed E-state index contributed by atoms with van der Waals surface area (Å²) in [5, 5.41) is 13.3. The van der Waals surface area contributed by atoms with Crippen molar-refractivity contribution in [1.29, 1.82) is 0 Å². The first kappa shape index (κ1) is 19.3. The number of hydrogen-bond donors (Lipinski definition) is 1. The molecule has 0 aliphatic carbocycles. The minimum absolute atomic E-state index is 0.0871. The van der Waals surface area contributed by atoms with Crippen molar-refractivity contribution in [3.05, 3.63) is 84.2 Å². The summed E-state index contributed by atoms with van der Waals surface area (Å²) in [6.07, 6.45) is -1.69. The highest BCUT2D eigenvalue weighted by Gasteiger charge is 2.42. The van der Waals surface area contributed by atoms with Crippen LogP contribution >= 0.6 is 0 Å². The molecule has 0 spiro atoms. The quantitative estimate of drug-likeness (QED) is 0.513. The average Bonchev–Trinajstić information content (AvgIpc) is 3.39. The average molecular weight is 416 g/mol. The molecule has 7 nitrogen and oxygen atoms in total. The second-order valence-electron chi connectivity index (χ2n) is 6.13. The first-order valence-corrected chi connectivity index (χ1v) is 8.53. The number of rotatable bonds is 4. The predicted molar refractivity (Wildman–Crippen MR) is 97.8 cm³/mol. The van der Waals surface area contributed by atoms with Crippen LogP contribution in [0.2, 0.25) is 0 Å². The van der Waals surface area contributed by atoms with Crippen LogP contribution in [0, 0.1) is 5.82 Å². The Hall–Kier alpha value is -4.02. The summed E-state index contributed by atoms with van der Waals surface area (Å²) in [6, 6.07) is 12.3. The fourth-order valence-electron chi connectivity index (χ4n) is 2.79. The molecular weight excluding hydrogens is 404 g/mol. The van der Waals surface area contributed by atoms with E-state index < -0.39 is 29.3 Å². The van der Waals surface area contributed by atoms with Gasteiger partial charge in [-0.05, 0) is 48.5 Å². The summed E-state index contributed by atoms with van der Waals surface area (Å²) in [5.41, 5.74) is -1.51. The molecule has 1 amide bonds. The molecule has 2 aromatic heterocycles. The summed E-state index contributed by atoms with van der Waals surface area (Å²) < 4.78 is 56.2. The molecule has 4 rings (SSSR count). The number of aromatic nitrogens is 5. The number of anilines is 1. The van der Waals surface area contributed by atoms with E-state index in [1.165, 1.54) is 10.7 Å². The second-order valence-corrected chi connectivity index (χ2v) is 6.13. The molecule has 30 heavy (non-hydrogen) atoms. The summed E-state index contributed by atoms with van der Waals surface area (Å²) in [6.45, 7) is 0. The third-order valence-corrected chi connectivity index (χ3v) is 4.10. The molecule has 0 bridgehead atoms. The Morgan fingerprint density at radius 1 is 1.00 bits per heavy atom. The van der Waals surface area contributed by atoms with Crippen molar-refractivity contribution < 1.29 is 22.4 Å². The number of benzene rings is 2. The standard InChI is InChI=1S/C19H12F4N6O/c20-12-5-7-14(8-6-12)29-17(19(21,22)23)16(26-27-29)18(30)25-13-3-1-4-15(11-13)28-10-2-9-24-28/h1-11H,(H,25,30). The van der Waals surface area contributed by atoms with E-state index in [1.54, 1.807) is 36.7 Å². The van der Waals surface area contributed by atoms with Gasteiger partial charge in [0.05, 0.1) is 11.4 Å². The Balaban J connectivity index is 1.68. The molecule has 4 aromatic rings. The van der Waals surface area contributed by atoms with E-state index in [0.29, 0.717) is 10.4 Å². The van der Waals surface area contributed by atoms with Gasteiger partial charge < -0.3 is 5.32 Å². The van der Waals surface area contributed by atoms with Crippen molar-refractivity contribution >= 4 is 11.6 Å². The smallest absolute Gasteiger partial charge is 0.320 e. The van der Waals surface area contributed by atoms with E-state index in [-0.39, 0.29) is 11.4 Å². The van der Waals surface area contributed by atoms with Crippen LogP contribution in [0.15, 0.2) is 67.0 Å². The molecule has 0 aliphatic rings. The molecule has 0 radical (unpaired) electrons. The van der Waals surface area contributed by atoms with Crippen molar-refractivity contribution in [2.24, 2.45) is 0 Å². The number of carbonyl (C=O) groups is 1. The van der Waals surface area contributed by atoms with Gasteiger partial charge in [-0.15, -0.1) is 5.10 Å². The summed E-state index contributed by atoms with van der Waals surface area (Å²) in [7, 11) is 0. The lowest BCUT2D eigenvalue weighted by molar-refractivity contribution is -0.143. The third-order valence-electron chi connectivity index (χ3n) is 4.10. The van der Waals surface area contributed by atoms with Gasteiger partial charge in [0.2, 0.25) is 0 Å². The zero-order chi connectivity index (χ0) is 21.3. The maximum Gasteiger partial charge on any atom is 0.435 e. The Labute approximate surface area is 166 Å². The number of nitrogens with one attached hydrogen (secondary N) is 1. The Morgan fingerprint density at radius 3 is 2.43 bits per heavy atom. The predicted octanol–water partition coefficient (Wildman–Crippen LogP) is 3.86. The van der Waals surface area contributed by atoms with E-state index in [2.05, 4.69) is 20.7 Å². The van der Waals surface area contributed by atoms with Crippen molar-refractivity contribution in [3.8, 4) is 11.4 Å². The minimum Gasteiger partial charge on any atom is -0.320 e. The van der Waals surface area contributed by atoms with Crippen molar-refractivity contribution in [1.82, 2.24) is 24.8 Å². The van der Waals surface area contributed by atoms with Crippen molar-refractivity contribution in [2.75, 3.05) is 5.32 Å². The Bertz CT molecular complexity index is 1180. The zero-order valence-corrected chi connectivity index (χ0v) is 15.0. The molecule has 1 N–H and O–H groups in total. The maximum atomic E-state index is 13.7. The molecule has 0 unspecified atom stereocenters. The summed E-state index contributed by atoms with van der Waals surface area (Å²) in [4.78, 5) is 12.6. The normalized spacial score (nSPS) is 11.5. The number of alkyl halides is 3. The van der Waals surface area contributed by atoms with Crippen LogP contribution in [0.5, 0.6) is 0 Å². The highest BCUT2D eigenvalue weighted by molar-refractivity contribution is 6.03. The largest absolute Gasteiger partial charge is 0.435 e. The van der Waals surface area contributed by atoms with Gasteiger partial charge >= 0.3 is 6.18 Å². The number of halogens is 4.